The Balaban J connectivity index is 3.29. The predicted molar refractivity (Wildman–Crippen MR) is 55.3 cm³/mol. The maximum absolute atomic E-state index is 11.4. The average Bonchev–Trinajstić information content (AvgIpc) is 2.09. The second-order valence-electron chi connectivity index (χ2n) is 2.72. The molecule has 14 heavy (non-hydrogen) atoms. The molecule has 0 aliphatic heterocycles. The van der Waals surface area contributed by atoms with Crippen LogP contribution in [0.5, 0.6) is 0 Å². The molecule has 0 aromatic heterocycles. The zero-order chi connectivity index (χ0) is 10.9. The molecule has 0 bridgehead atoms. The van der Waals surface area contributed by atoms with Crippen molar-refractivity contribution in [2.24, 2.45) is 0 Å². The second kappa shape index (κ2) is 4.06. The van der Waals surface area contributed by atoms with E-state index in [0.717, 1.165) is 0 Å². The summed E-state index contributed by atoms with van der Waals surface area (Å²) in [6.45, 7) is 1.18. The van der Waals surface area contributed by atoms with Crippen molar-refractivity contribution in [1.82, 2.24) is 0 Å². The monoisotopic (exact) mass is 254 g/mol. The molecule has 0 amide bonds. The highest BCUT2D eigenvalue weighted by Crippen LogP contribution is 2.26. The van der Waals surface area contributed by atoms with Crippen LogP contribution in [0.2, 0.25) is 10.0 Å². The van der Waals surface area contributed by atoms with Crippen LogP contribution in [0.25, 0.3) is 0 Å². The van der Waals surface area contributed by atoms with Crippen molar-refractivity contribution in [2.75, 3.05) is 0 Å². The van der Waals surface area contributed by atoms with Gasteiger partial charge in [0.1, 0.15) is 0 Å². The standard InChI is InChI=1S/C8H8Cl2O3S/c1-5(11)14(12,13)6-2-3-7(9)8(10)4-6/h2-5,11H,1H3. The highest BCUT2D eigenvalue weighted by molar-refractivity contribution is 7.91. The van der Waals surface area contributed by atoms with Crippen LogP contribution in [0.3, 0.4) is 0 Å². The zero-order valence-electron chi connectivity index (χ0n) is 7.24. The average molecular weight is 255 g/mol. The molecule has 0 spiro atoms. The van der Waals surface area contributed by atoms with Gasteiger partial charge in [0.2, 0.25) is 9.84 Å². The van der Waals surface area contributed by atoms with Gasteiger partial charge in [0.05, 0.1) is 14.9 Å². The van der Waals surface area contributed by atoms with E-state index >= 15 is 0 Å². The van der Waals surface area contributed by atoms with Crippen LogP contribution < -0.4 is 0 Å². The Bertz CT molecular complexity index is 440. The van der Waals surface area contributed by atoms with E-state index in [1.807, 2.05) is 0 Å². The van der Waals surface area contributed by atoms with Crippen molar-refractivity contribution in [1.29, 1.82) is 0 Å². The molecule has 1 aromatic rings. The number of sulfone groups is 1. The first-order chi connectivity index (χ1) is 6.35. The summed E-state index contributed by atoms with van der Waals surface area (Å²) >= 11 is 11.3. The molecule has 78 valence electrons. The van der Waals surface area contributed by atoms with Gasteiger partial charge in [-0.05, 0) is 25.1 Å². The van der Waals surface area contributed by atoms with Gasteiger partial charge in [-0.2, -0.15) is 0 Å². The summed E-state index contributed by atoms with van der Waals surface area (Å²) in [5.41, 5.74) is -1.46. The molecular formula is C8H8Cl2O3S. The van der Waals surface area contributed by atoms with Crippen LogP contribution in [0.1, 0.15) is 6.92 Å². The van der Waals surface area contributed by atoms with E-state index in [4.69, 9.17) is 28.3 Å². The van der Waals surface area contributed by atoms with Gasteiger partial charge >= 0.3 is 0 Å². The van der Waals surface area contributed by atoms with Gasteiger partial charge in [-0.1, -0.05) is 23.2 Å². The van der Waals surface area contributed by atoms with Crippen LogP contribution in [0, 0.1) is 0 Å². The Morgan fingerprint density at radius 2 is 1.86 bits per heavy atom. The van der Waals surface area contributed by atoms with E-state index in [1.54, 1.807) is 0 Å². The summed E-state index contributed by atoms with van der Waals surface area (Å²) in [5, 5.41) is 9.45. The van der Waals surface area contributed by atoms with Crippen molar-refractivity contribution in [2.45, 2.75) is 17.3 Å². The molecule has 0 saturated heterocycles. The molecule has 0 heterocycles. The SMILES string of the molecule is CC(O)S(=O)(=O)c1ccc(Cl)c(Cl)c1. The van der Waals surface area contributed by atoms with E-state index in [-0.39, 0.29) is 14.9 Å². The normalized spacial score (nSPS) is 14.0. The smallest absolute Gasteiger partial charge is 0.204 e. The third-order valence-corrected chi connectivity index (χ3v) is 4.22. The Morgan fingerprint density at radius 3 is 2.29 bits per heavy atom. The van der Waals surface area contributed by atoms with Crippen LogP contribution >= 0.6 is 23.2 Å². The van der Waals surface area contributed by atoms with E-state index in [0.29, 0.717) is 0 Å². The Morgan fingerprint density at radius 1 is 1.29 bits per heavy atom. The summed E-state index contributed by atoms with van der Waals surface area (Å²) in [5.74, 6) is 0. The van der Waals surface area contributed by atoms with E-state index in [2.05, 4.69) is 0 Å². The maximum atomic E-state index is 11.4. The molecule has 0 fully saturated rings. The van der Waals surface area contributed by atoms with Gasteiger partial charge in [0.15, 0.2) is 5.44 Å². The molecule has 0 aliphatic carbocycles. The van der Waals surface area contributed by atoms with Crippen molar-refractivity contribution in [3.8, 4) is 0 Å². The lowest BCUT2D eigenvalue weighted by molar-refractivity contribution is 0.268. The molecule has 1 aromatic carbocycles. The molecule has 3 nitrogen and oxygen atoms in total. The molecule has 0 radical (unpaired) electrons. The summed E-state index contributed by atoms with van der Waals surface area (Å²) < 4.78 is 22.9. The maximum Gasteiger partial charge on any atom is 0.204 e. The quantitative estimate of drug-likeness (QED) is 0.880. The Kier molecular flexibility index (Phi) is 3.42. The molecule has 6 heteroatoms. The molecule has 1 rings (SSSR count). The van der Waals surface area contributed by atoms with Gasteiger partial charge in [-0.3, -0.25) is 0 Å². The lowest BCUT2D eigenvalue weighted by Gasteiger charge is -2.07. The third-order valence-electron chi connectivity index (χ3n) is 1.67. The van der Waals surface area contributed by atoms with Crippen molar-refractivity contribution in [3.63, 3.8) is 0 Å². The Labute approximate surface area is 92.2 Å². The van der Waals surface area contributed by atoms with Crippen LogP contribution in [-0.4, -0.2) is 19.0 Å². The fourth-order valence-electron chi connectivity index (χ4n) is 0.851. The minimum Gasteiger partial charge on any atom is -0.377 e. The highest BCUT2D eigenvalue weighted by Gasteiger charge is 2.21. The summed E-state index contributed by atoms with van der Waals surface area (Å²) in [4.78, 5) is -0.0399. The van der Waals surface area contributed by atoms with Gasteiger partial charge in [-0.15, -0.1) is 0 Å². The lowest BCUT2D eigenvalue weighted by atomic mass is 10.4. The van der Waals surface area contributed by atoms with Gasteiger partial charge in [0.25, 0.3) is 0 Å². The Hall–Kier alpha value is -0.290. The van der Waals surface area contributed by atoms with Gasteiger partial charge < -0.3 is 5.11 Å². The van der Waals surface area contributed by atoms with E-state index in [1.165, 1.54) is 25.1 Å². The highest BCUT2D eigenvalue weighted by atomic mass is 35.5. The van der Waals surface area contributed by atoms with Crippen molar-refractivity contribution in [3.05, 3.63) is 28.2 Å². The lowest BCUT2D eigenvalue weighted by Crippen LogP contribution is -2.16. The van der Waals surface area contributed by atoms with Gasteiger partial charge in [-0.25, -0.2) is 8.42 Å². The number of hydrogen-bond donors (Lipinski definition) is 1. The number of aliphatic hydroxyl groups excluding tert-OH is 1. The molecule has 0 saturated carbocycles. The van der Waals surface area contributed by atoms with Crippen LogP contribution in [0.4, 0.5) is 0 Å². The predicted octanol–water partition coefficient (Wildman–Crippen LogP) is 2.11. The van der Waals surface area contributed by atoms with Crippen molar-refractivity contribution >= 4 is 33.0 Å². The topological polar surface area (TPSA) is 54.4 Å². The molecule has 1 atom stereocenters. The molecule has 1 unspecified atom stereocenters. The summed E-state index contributed by atoms with van der Waals surface area (Å²) in [6, 6.07) is 3.89. The minimum atomic E-state index is -3.70. The van der Waals surface area contributed by atoms with Gasteiger partial charge in [0, 0.05) is 0 Å². The number of rotatable bonds is 2. The van der Waals surface area contributed by atoms with E-state index < -0.39 is 15.3 Å². The number of aliphatic hydroxyl groups is 1. The van der Waals surface area contributed by atoms with Crippen LogP contribution in [0.15, 0.2) is 23.1 Å². The fraction of sp³-hybridized carbons (Fsp3) is 0.250. The first-order valence-corrected chi connectivity index (χ1v) is 6.03. The fourth-order valence-corrected chi connectivity index (χ4v) is 2.15. The number of benzene rings is 1. The largest absolute Gasteiger partial charge is 0.377 e. The zero-order valence-corrected chi connectivity index (χ0v) is 9.57. The minimum absolute atomic E-state index is 0.0399. The van der Waals surface area contributed by atoms with Crippen LogP contribution in [-0.2, 0) is 9.84 Å². The first kappa shape index (κ1) is 11.8. The molecule has 0 aliphatic rings. The molecular weight excluding hydrogens is 247 g/mol. The summed E-state index contributed by atoms with van der Waals surface area (Å²) in [7, 11) is -3.70. The van der Waals surface area contributed by atoms with E-state index in [9.17, 15) is 8.42 Å². The number of halogens is 2. The van der Waals surface area contributed by atoms with Crippen molar-refractivity contribution < 1.29 is 13.5 Å². The number of hydrogen-bond acceptors (Lipinski definition) is 3. The summed E-state index contributed by atoms with van der Waals surface area (Å²) in [6.07, 6.45) is 0. The first-order valence-electron chi connectivity index (χ1n) is 3.72. The second-order valence-corrected chi connectivity index (χ2v) is 5.78. The molecule has 1 N–H and O–H groups in total. The third kappa shape index (κ3) is 2.20.